The second-order valence-corrected chi connectivity index (χ2v) is 5.27. The zero-order chi connectivity index (χ0) is 12.3. The fraction of sp³-hybridized carbons (Fsp3) is 0.917. The van der Waals surface area contributed by atoms with Gasteiger partial charge in [0.1, 0.15) is 0 Å². The molecule has 0 bridgehead atoms. The Hall–Kier alpha value is -0.810. The molecule has 2 rings (SSSR count). The highest BCUT2D eigenvalue weighted by atomic mass is 16.3. The standard InChI is InChI=1S/C12H23N3O2/c13-12(17)15-7-5-10(6-8-15)14-9-1-3-11(16)4-2-9/h9-11,14,16H,1-8H2,(H2,13,17). The molecule has 17 heavy (non-hydrogen) atoms. The molecule has 1 saturated heterocycles. The van der Waals surface area contributed by atoms with Crippen LogP contribution in [-0.4, -0.2) is 47.3 Å². The number of carbonyl (C=O) groups is 1. The van der Waals surface area contributed by atoms with Gasteiger partial charge in [0, 0.05) is 25.2 Å². The lowest BCUT2D eigenvalue weighted by Gasteiger charge is -2.35. The Labute approximate surface area is 102 Å². The first-order valence-electron chi connectivity index (χ1n) is 6.63. The molecule has 5 nitrogen and oxygen atoms in total. The molecule has 0 atom stereocenters. The number of primary amides is 1. The number of piperidine rings is 1. The van der Waals surface area contributed by atoms with E-state index in [0.29, 0.717) is 12.1 Å². The fourth-order valence-corrected chi connectivity index (χ4v) is 2.84. The van der Waals surface area contributed by atoms with Crippen LogP contribution in [0.1, 0.15) is 38.5 Å². The van der Waals surface area contributed by atoms with Crippen molar-refractivity contribution < 1.29 is 9.90 Å². The van der Waals surface area contributed by atoms with E-state index in [1.807, 2.05) is 0 Å². The van der Waals surface area contributed by atoms with Gasteiger partial charge in [-0.1, -0.05) is 0 Å². The Morgan fingerprint density at radius 1 is 1.06 bits per heavy atom. The van der Waals surface area contributed by atoms with Crippen LogP contribution in [0.25, 0.3) is 0 Å². The number of rotatable bonds is 2. The zero-order valence-electron chi connectivity index (χ0n) is 10.3. The Bertz CT molecular complexity index is 256. The molecule has 4 N–H and O–H groups in total. The van der Waals surface area contributed by atoms with Crippen LogP contribution in [0.4, 0.5) is 4.79 Å². The summed E-state index contributed by atoms with van der Waals surface area (Å²) in [5.41, 5.74) is 5.25. The lowest BCUT2D eigenvalue weighted by atomic mass is 9.91. The summed E-state index contributed by atoms with van der Waals surface area (Å²) in [5, 5.41) is 13.1. The third-order valence-electron chi connectivity index (χ3n) is 3.97. The minimum Gasteiger partial charge on any atom is -0.393 e. The van der Waals surface area contributed by atoms with Gasteiger partial charge in [0.25, 0.3) is 0 Å². The Morgan fingerprint density at radius 2 is 1.59 bits per heavy atom. The topological polar surface area (TPSA) is 78.6 Å². The molecule has 0 spiro atoms. The second kappa shape index (κ2) is 5.69. The van der Waals surface area contributed by atoms with Crippen molar-refractivity contribution in [1.29, 1.82) is 0 Å². The van der Waals surface area contributed by atoms with Crippen LogP contribution in [0.3, 0.4) is 0 Å². The zero-order valence-corrected chi connectivity index (χ0v) is 10.3. The van der Waals surface area contributed by atoms with Gasteiger partial charge in [-0.3, -0.25) is 0 Å². The van der Waals surface area contributed by atoms with Gasteiger partial charge in [0.05, 0.1) is 6.10 Å². The summed E-state index contributed by atoms with van der Waals surface area (Å²) in [4.78, 5) is 12.7. The summed E-state index contributed by atoms with van der Waals surface area (Å²) >= 11 is 0. The SMILES string of the molecule is NC(=O)N1CCC(NC2CCC(O)CC2)CC1. The summed E-state index contributed by atoms with van der Waals surface area (Å²) < 4.78 is 0. The number of nitrogens with one attached hydrogen (secondary N) is 1. The molecule has 0 aromatic heterocycles. The number of likely N-dealkylation sites (tertiary alicyclic amines) is 1. The van der Waals surface area contributed by atoms with Crippen molar-refractivity contribution in [3.63, 3.8) is 0 Å². The van der Waals surface area contributed by atoms with Crippen molar-refractivity contribution in [2.24, 2.45) is 5.73 Å². The Balaban J connectivity index is 1.69. The first-order chi connectivity index (χ1) is 8.15. The van der Waals surface area contributed by atoms with Crippen LogP contribution in [0.5, 0.6) is 0 Å². The predicted molar refractivity (Wildman–Crippen MR) is 65.6 cm³/mol. The molecule has 0 aromatic carbocycles. The van der Waals surface area contributed by atoms with Crippen molar-refractivity contribution in [2.45, 2.75) is 56.7 Å². The molecule has 98 valence electrons. The van der Waals surface area contributed by atoms with E-state index < -0.39 is 0 Å². The number of amides is 2. The highest BCUT2D eigenvalue weighted by molar-refractivity contribution is 5.72. The number of aliphatic hydroxyl groups is 1. The minimum absolute atomic E-state index is 0.0928. The van der Waals surface area contributed by atoms with Crippen LogP contribution < -0.4 is 11.1 Å². The summed E-state index contributed by atoms with van der Waals surface area (Å²) in [5.74, 6) is 0. The van der Waals surface area contributed by atoms with Gasteiger partial charge in [-0.2, -0.15) is 0 Å². The third kappa shape index (κ3) is 3.57. The van der Waals surface area contributed by atoms with Gasteiger partial charge >= 0.3 is 6.03 Å². The van der Waals surface area contributed by atoms with E-state index in [1.54, 1.807) is 4.90 Å². The minimum atomic E-state index is -0.302. The first-order valence-corrected chi connectivity index (χ1v) is 6.63. The van der Waals surface area contributed by atoms with Crippen molar-refractivity contribution >= 4 is 6.03 Å². The normalized spacial score (nSPS) is 31.5. The third-order valence-corrected chi connectivity index (χ3v) is 3.97. The average Bonchev–Trinajstić information content (AvgIpc) is 2.33. The van der Waals surface area contributed by atoms with Crippen LogP contribution in [-0.2, 0) is 0 Å². The second-order valence-electron chi connectivity index (χ2n) is 5.27. The molecular formula is C12H23N3O2. The lowest BCUT2D eigenvalue weighted by molar-refractivity contribution is 0.110. The number of nitrogens with zero attached hydrogens (tertiary/aromatic N) is 1. The Morgan fingerprint density at radius 3 is 2.12 bits per heavy atom. The van der Waals surface area contributed by atoms with Crippen molar-refractivity contribution in [3.05, 3.63) is 0 Å². The van der Waals surface area contributed by atoms with Gasteiger partial charge in [-0.05, 0) is 38.5 Å². The van der Waals surface area contributed by atoms with Gasteiger partial charge in [-0.25, -0.2) is 4.79 Å². The summed E-state index contributed by atoms with van der Waals surface area (Å²) in [6, 6.07) is 0.749. The summed E-state index contributed by atoms with van der Waals surface area (Å²) in [6.07, 6.45) is 5.85. The van der Waals surface area contributed by atoms with E-state index in [9.17, 15) is 9.90 Å². The number of urea groups is 1. The molecule has 1 aliphatic carbocycles. The molecule has 1 heterocycles. The lowest BCUT2D eigenvalue weighted by Crippen LogP contribution is -2.49. The first kappa shape index (κ1) is 12.6. The highest BCUT2D eigenvalue weighted by Gasteiger charge is 2.25. The molecule has 0 unspecified atom stereocenters. The largest absolute Gasteiger partial charge is 0.393 e. The van der Waals surface area contributed by atoms with Gasteiger partial charge < -0.3 is 21.1 Å². The van der Waals surface area contributed by atoms with Crippen LogP contribution in [0.15, 0.2) is 0 Å². The summed E-state index contributed by atoms with van der Waals surface area (Å²) in [7, 11) is 0. The molecule has 1 aliphatic heterocycles. The molecule has 2 fully saturated rings. The maximum absolute atomic E-state index is 11.0. The van der Waals surface area contributed by atoms with Crippen LogP contribution >= 0.6 is 0 Å². The highest BCUT2D eigenvalue weighted by Crippen LogP contribution is 2.20. The molecule has 5 heteroatoms. The molecule has 1 saturated carbocycles. The maximum atomic E-state index is 11.0. The van der Waals surface area contributed by atoms with Gasteiger partial charge in [-0.15, -0.1) is 0 Å². The quantitative estimate of drug-likeness (QED) is 0.655. The van der Waals surface area contributed by atoms with E-state index in [2.05, 4.69) is 5.32 Å². The van der Waals surface area contributed by atoms with E-state index in [-0.39, 0.29) is 12.1 Å². The fourth-order valence-electron chi connectivity index (χ4n) is 2.84. The number of aliphatic hydroxyl groups excluding tert-OH is 1. The van der Waals surface area contributed by atoms with Crippen molar-refractivity contribution in [1.82, 2.24) is 10.2 Å². The number of hydrogen-bond acceptors (Lipinski definition) is 3. The molecular weight excluding hydrogens is 218 g/mol. The van der Waals surface area contributed by atoms with E-state index in [4.69, 9.17) is 5.73 Å². The Kier molecular flexibility index (Phi) is 4.23. The number of nitrogens with two attached hydrogens (primary N) is 1. The summed E-state index contributed by atoms with van der Waals surface area (Å²) in [6.45, 7) is 1.53. The van der Waals surface area contributed by atoms with Gasteiger partial charge in [0.15, 0.2) is 0 Å². The van der Waals surface area contributed by atoms with Crippen molar-refractivity contribution in [3.8, 4) is 0 Å². The molecule has 0 radical (unpaired) electrons. The van der Waals surface area contributed by atoms with E-state index in [1.165, 1.54) is 0 Å². The van der Waals surface area contributed by atoms with Crippen LogP contribution in [0.2, 0.25) is 0 Å². The maximum Gasteiger partial charge on any atom is 0.314 e. The van der Waals surface area contributed by atoms with E-state index >= 15 is 0 Å². The smallest absolute Gasteiger partial charge is 0.314 e. The average molecular weight is 241 g/mol. The molecule has 2 amide bonds. The van der Waals surface area contributed by atoms with Crippen molar-refractivity contribution in [2.75, 3.05) is 13.1 Å². The molecule has 0 aromatic rings. The molecule has 2 aliphatic rings. The number of hydrogen-bond donors (Lipinski definition) is 3. The predicted octanol–water partition coefficient (Wildman–Crippen LogP) is 0.423. The van der Waals surface area contributed by atoms with Crippen LogP contribution in [0, 0.1) is 0 Å². The monoisotopic (exact) mass is 241 g/mol. The van der Waals surface area contributed by atoms with Gasteiger partial charge in [0.2, 0.25) is 0 Å². The van der Waals surface area contributed by atoms with E-state index in [0.717, 1.165) is 51.6 Å². The number of carbonyl (C=O) groups excluding carboxylic acids is 1.